The van der Waals surface area contributed by atoms with Gasteiger partial charge >= 0.3 is 0 Å². The maximum atomic E-state index is 12.7. The lowest BCUT2D eigenvalue weighted by molar-refractivity contribution is 0.0765. The SMILES string of the molecule is COc1ccnc(Nc2ccc(C(=O)N3CC4CC(O)CC4C3)cc2)n1. The number of aromatic nitrogens is 2. The molecule has 2 heterocycles. The number of anilines is 2. The Balaban J connectivity index is 1.40. The fraction of sp³-hybridized carbons (Fsp3) is 0.421. The van der Waals surface area contributed by atoms with E-state index in [1.165, 1.54) is 0 Å². The Morgan fingerprint density at radius 1 is 1.19 bits per heavy atom. The van der Waals surface area contributed by atoms with E-state index in [4.69, 9.17) is 4.74 Å². The van der Waals surface area contributed by atoms with Crippen molar-refractivity contribution >= 4 is 17.5 Å². The number of aliphatic hydroxyl groups excluding tert-OH is 1. The first-order chi connectivity index (χ1) is 12.6. The zero-order valence-corrected chi connectivity index (χ0v) is 14.6. The quantitative estimate of drug-likeness (QED) is 0.874. The highest BCUT2D eigenvalue weighted by Gasteiger charge is 2.41. The Morgan fingerprint density at radius 2 is 1.88 bits per heavy atom. The highest BCUT2D eigenvalue weighted by molar-refractivity contribution is 5.94. The first kappa shape index (κ1) is 16.8. The number of ether oxygens (including phenoxy) is 1. The maximum absolute atomic E-state index is 12.7. The van der Waals surface area contributed by atoms with E-state index in [2.05, 4.69) is 15.3 Å². The number of hydrogen-bond acceptors (Lipinski definition) is 6. The van der Waals surface area contributed by atoms with Crippen LogP contribution in [0.2, 0.25) is 0 Å². The number of nitrogens with zero attached hydrogens (tertiary/aromatic N) is 3. The van der Waals surface area contributed by atoms with Crippen molar-refractivity contribution in [2.75, 3.05) is 25.5 Å². The van der Waals surface area contributed by atoms with Crippen molar-refractivity contribution in [2.24, 2.45) is 11.8 Å². The first-order valence-electron chi connectivity index (χ1n) is 8.84. The molecule has 0 bridgehead atoms. The van der Waals surface area contributed by atoms with Crippen molar-refractivity contribution < 1.29 is 14.6 Å². The molecule has 1 aromatic carbocycles. The zero-order valence-electron chi connectivity index (χ0n) is 14.6. The second-order valence-corrected chi connectivity index (χ2v) is 6.98. The summed E-state index contributed by atoms with van der Waals surface area (Å²) in [5, 5.41) is 12.8. The lowest BCUT2D eigenvalue weighted by Gasteiger charge is -2.18. The van der Waals surface area contributed by atoms with Gasteiger partial charge in [-0.3, -0.25) is 4.79 Å². The molecule has 0 radical (unpaired) electrons. The van der Waals surface area contributed by atoms with Gasteiger partial charge in [0.15, 0.2) is 0 Å². The molecular formula is C19H22N4O3. The third-order valence-electron chi connectivity index (χ3n) is 5.24. The Labute approximate surface area is 152 Å². The van der Waals surface area contributed by atoms with Gasteiger partial charge in [0, 0.05) is 36.6 Å². The number of aliphatic hydroxyl groups is 1. The number of amides is 1. The average Bonchev–Trinajstić information content (AvgIpc) is 3.19. The fourth-order valence-corrected chi connectivity index (χ4v) is 3.96. The molecule has 1 saturated carbocycles. The van der Waals surface area contributed by atoms with E-state index in [9.17, 15) is 9.90 Å². The monoisotopic (exact) mass is 354 g/mol. The van der Waals surface area contributed by atoms with Crippen LogP contribution in [0.3, 0.4) is 0 Å². The molecule has 2 atom stereocenters. The van der Waals surface area contributed by atoms with E-state index in [1.807, 2.05) is 29.2 Å². The summed E-state index contributed by atoms with van der Waals surface area (Å²) < 4.78 is 5.08. The van der Waals surface area contributed by atoms with E-state index >= 15 is 0 Å². The van der Waals surface area contributed by atoms with Crippen molar-refractivity contribution in [1.29, 1.82) is 0 Å². The van der Waals surface area contributed by atoms with Gasteiger partial charge in [0.2, 0.25) is 11.8 Å². The molecule has 0 spiro atoms. The molecule has 4 rings (SSSR count). The van der Waals surface area contributed by atoms with Gasteiger partial charge in [0.05, 0.1) is 13.2 Å². The summed E-state index contributed by atoms with van der Waals surface area (Å²) in [7, 11) is 1.56. The second kappa shape index (κ2) is 6.92. The number of hydrogen-bond donors (Lipinski definition) is 2. The van der Waals surface area contributed by atoms with Gasteiger partial charge in [-0.1, -0.05) is 0 Å². The Hall–Kier alpha value is -2.67. The van der Waals surface area contributed by atoms with Crippen LogP contribution in [0.25, 0.3) is 0 Å². The van der Waals surface area contributed by atoms with E-state index < -0.39 is 0 Å². The summed E-state index contributed by atoms with van der Waals surface area (Å²) in [4.78, 5) is 23.0. The molecule has 1 saturated heterocycles. The van der Waals surface area contributed by atoms with Crippen LogP contribution >= 0.6 is 0 Å². The van der Waals surface area contributed by atoms with Gasteiger partial charge in [-0.15, -0.1) is 0 Å². The van der Waals surface area contributed by atoms with Crippen LogP contribution in [0, 0.1) is 11.8 Å². The molecule has 2 aliphatic rings. The highest BCUT2D eigenvalue weighted by atomic mass is 16.5. The number of rotatable bonds is 4. The minimum absolute atomic E-state index is 0.0538. The molecule has 1 aliphatic heterocycles. The summed E-state index contributed by atoms with van der Waals surface area (Å²) in [6.45, 7) is 1.50. The summed E-state index contributed by atoms with van der Waals surface area (Å²) >= 11 is 0. The predicted octanol–water partition coefficient (Wildman–Crippen LogP) is 2.07. The van der Waals surface area contributed by atoms with Crippen LogP contribution in [0.4, 0.5) is 11.6 Å². The second-order valence-electron chi connectivity index (χ2n) is 6.98. The lowest BCUT2D eigenvalue weighted by atomic mass is 10.0. The first-order valence-corrected chi connectivity index (χ1v) is 8.84. The van der Waals surface area contributed by atoms with Crippen molar-refractivity contribution in [3.8, 4) is 5.88 Å². The topological polar surface area (TPSA) is 87.6 Å². The fourth-order valence-electron chi connectivity index (χ4n) is 3.96. The molecule has 2 aromatic rings. The lowest BCUT2D eigenvalue weighted by Crippen LogP contribution is -2.30. The molecule has 136 valence electrons. The van der Waals surface area contributed by atoms with Crippen LogP contribution in [0.1, 0.15) is 23.2 Å². The van der Waals surface area contributed by atoms with Gasteiger partial charge < -0.3 is 20.1 Å². The smallest absolute Gasteiger partial charge is 0.253 e. The largest absolute Gasteiger partial charge is 0.481 e. The third kappa shape index (κ3) is 3.35. The summed E-state index contributed by atoms with van der Waals surface area (Å²) in [6, 6.07) is 8.99. The number of nitrogens with one attached hydrogen (secondary N) is 1. The van der Waals surface area contributed by atoms with Crippen molar-refractivity contribution in [3.05, 3.63) is 42.1 Å². The molecule has 1 aromatic heterocycles. The highest BCUT2D eigenvalue weighted by Crippen LogP contribution is 2.38. The van der Waals surface area contributed by atoms with Crippen LogP contribution in [0.15, 0.2) is 36.5 Å². The molecule has 1 amide bonds. The minimum Gasteiger partial charge on any atom is -0.481 e. The molecule has 1 aliphatic carbocycles. The van der Waals surface area contributed by atoms with Gasteiger partial charge in [0.1, 0.15) is 0 Å². The van der Waals surface area contributed by atoms with Crippen LogP contribution < -0.4 is 10.1 Å². The van der Waals surface area contributed by atoms with Crippen molar-refractivity contribution in [2.45, 2.75) is 18.9 Å². The molecule has 2 unspecified atom stereocenters. The predicted molar refractivity (Wildman–Crippen MR) is 96.4 cm³/mol. The molecule has 7 nitrogen and oxygen atoms in total. The summed E-state index contributed by atoms with van der Waals surface area (Å²) in [5.41, 5.74) is 1.47. The van der Waals surface area contributed by atoms with Gasteiger partial charge in [-0.2, -0.15) is 4.98 Å². The third-order valence-corrected chi connectivity index (χ3v) is 5.24. The van der Waals surface area contributed by atoms with Crippen LogP contribution in [0.5, 0.6) is 5.88 Å². The van der Waals surface area contributed by atoms with Gasteiger partial charge in [-0.05, 0) is 48.9 Å². The molecular weight excluding hydrogens is 332 g/mol. The van der Waals surface area contributed by atoms with Gasteiger partial charge in [0.25, 0.3) is 5.91 Å². The maximum Gasteiger partial charge on any atom is 0.253 e. The van der Waals surface area contributed by atoms with E-state index in [0.29, 0.717) is 29.2 Å². The number of carbonyl (C=O) groups is 1. The van der Waals surface area contributed by atoms with E-state index in [1.54, 1.807) is 19.4 Å². The number of likely N-dealkylation sites (tertiary alicyclic amines) is 1. The molecule has 2 N–H and O–H groups in total. The standard InChI is InChI=1S/C19H22N4O3/c1-26-17-6-7-20-19(22-17)21-15-4-2-12(3-5-15)18(25)23-10-13-8-16(24)9-14(13)11-23/h2-7,13-14,16,24H,8-11H2,1H3,(H,20,21,22). The molecule has 26 heavy (non-hydrogen) atoms. The molecule has 7 heteroatoms. The van der Waals surface area contributed by atoms with Crippen LogP contribution in [-0.2, 0) is 0 Å². The number of benzene rings is 1. The van der Waals surface area contributed by atoms with Crippen molar-refractivity contribution in [3.63, 3.8) is 0 Å². The number of carbonyl (C=O) groups excluding carboxylic acids is 1. The average molecular weight is 354 g/mol. The molecule has 2 fully saturated rings. The van der Waals surface area contributed by atoms with Gasteiger partial charge in [-0.25, -0.2) is 4.98 Å². The minimum atomic E-state index is -0.188. The number of fused-ring (bicyclic) bond motifs is 1. The Kier molecular flexibility index (Phi) is 4.46. The van der Waals surface area contributed by atoms with E-state index in [0.717, 1.165) is 31.6 Å². The number of methoxy groups -OCH3 is 1. The Morgan fingerprint density at radius 3 is 2.54 bits per heavy atom. The van der Waals surface area contributed by atoms with E-state index in [-0.39, 0.29) is 12.0 Å². The normalized spacial score (nSPS) is 24.4. The van der Waals surface area contributed by atoms with Crippen LogP contribution in [-0.4, -0.2) is 52.2 Å². The Bertz CT molecular complexity index is 782. The summed E-state index contributed by atoms with van der Waals surface area (Å²) in [6.07, 6.45) is 3.06. The summed E-state index contributed by atoms with van der Waals surface area (Å²) in [5.74, 6) is 1.87. The van der Waals surface area contributed by atoms with Crippen molar-refractivity contribution in [1.82, 2.24) is 14.9 Å². The zero-order chi connectivity index (χ0) is 18.1.